The largest absolute Gasteiger partial charge is 0.493 e. The maximum atomic E-state index is 13.0. The van der Waals surface area contributed by atoms with E-state index in [0.717, 1.165) is 5.56 Å². The van der Waals surface area contributed by atoms with Crippen LogP contribution in [0.3, 0.4) is 0 Å². The zero-order valence-corrected chi connectivity index (χ0v) is 19.9. The van der Waals surface area contributed by atoms with Crippen LogP contribution in [0.2, 0.25) is 0 Å². The van der Waals surface area contributed by atoms with E-state index < -0.39 is 0 Å². The van der Waals surface area contributed by atoms with Gasteiger partial charge < -0.3 is 24.4 Å². The summed E-state index contributed by atoms with van der Waals surface area (Å²) >= 11 is 9.21. The number of rotatable bonds is 6. The number of halogens is 2. The van der Waals surface area contributed by atoms with Crippen LogP contribution in [0.1, 0.15) is 19.4 Å². The molecule has 0 bridgehead atoms. The van der Waals surface area contributed by atoms with Gasteiger partial charge in [-0.1, -0.05) is 12.2 Å². The SMILES string of the molecule is COc1cc(C(=S)N2C[C@@H](C)O[C@H](C)C2)cc(Br)c1OCC(=O)Nc1ccc(F)cc1. The molecule has 1 aliphatic heterocycles. The Kier molecular flexibility index (Phi) is 7.85. The number of carbonyl (C=O) groups excluding carboxylic acids is 1. The second-order valence-electron chi connectivity index (χ2n) is 7.30. The van der Waals surface area contributed by atoms with E-state index in [1.807, 2.05) is 19.9 Å². The summed E-state index contributed by atoms with van der Waals surface area (Å²) in [7, 11) is 1.53. The summed E-state index contributed by atoms with van der Waals surface area (Å²) in [4.78, 5) is 15.0. The van der Waals surface area contributed by atoms with E-state index >= 15 is 0 Å². The van der Waals surface area contributed by atoms with E-state index in [0.29, 0.717) is 39.7 Å². The quantitative estimate of drug-likeness (QED) is 0.581. The van der Waals surface area contributed by atoms with Crippen molar-refractivity contribution in [1.29, 1.82) is 0 Å². The van der Waals surface area contributed by atoms with Gasteiger partial charge in [0.25, 0.3) is 5.91 Å². The number of amides is 1. The number of methoxy groups -OCH3 is 1. The molecule has 2 aromatic carbocycles. The van der Waals surface area contributed by atoms with Gasteiger partial charge in [-0.2, -0.15) is 0 Å². The molecule has 0 saturated carbocycles. The predicted octanol–water partition coefficient (Wildman–Crippen LogP) is 4.40. The zero-order chi connectivity index (χ0) is 22.5. The number of hydrogen-bond donors (Lipinski definition) is 1. The Morgan fingerprint density at radius 3 is 2.52 bits per heavy atom. The maximum Gasteiger partial charge on any atom is 0.262 e. The molecule has 0 spiro atoms. The molecule has 6 nitrogen and oxygen atoms in total. The molecule has 9 heteroatoms. The monoisotopic (exact) mass is 510 g/mol. The summed E-state index contributed by atoms with van der Waals surface area (Å²) in [5.41, 5.74) is 1.29. The molecule has 0 radical (unpaired) electrons. The Morgan fingerprint density at radius 1 is 1.26 bits per heavy atom. The van der Waals surface area contributed by atoms with Crippen LogP contribution in [0, 0.1) is 5.82 Å². The number of benzene rings is 2. The van der Waals surface area contributed by atoms with Crippen LogP contribution in [0.4, 0.5) is 10.1 Å². The third kappa shape index (κ3) is 6.15. The van der Waals surface area contributed by atoms with Gasteiger partial charge in [0.05, 0.1) is 23.8 Å². The molecule has 0 aromatic heterocycles. The summed E-state index contributed by atoms with van der Waals surface area (Å²) < 4.78 is 30.6. The maximum absolute atomic E-state index is 13.0. The van der Waals surface area contributed by atoms with E-state index in [1.54, 1.807) is 6.07 Å². The van der Waals surface area contributed by atoms with E-state index in [9.17, 15) is 9.18 Å². The van der Waals surface area contributed by atoms with Crippen LogP contribution in [0.5, 0.6) is 11.5 Å². The highest BCUT2D eigenvalue weighted by atomic mass is 79.9. The van der Waals surface area contributed by atoms with Crippen molar-refractivity contribution in [2.75, 3.05) is 32.1 Å². The number of nitrogens with zero attached hydrogens (tertiary/aromatic N) is 1. The highest BCUT2D eigenvalue weighted by Gasteiger charge is 2.25. The minimum atomic E-state index is -0.378. The first-order chi connectivity index (χ1) is 14.8. The van der Waals surface area contributed by atoms with Gasteiger partial charge >= 0.3 is 0 Å². The molecule has 31 heavy (non-hydrogen) atoms. The third-order valence-corrected chi connectivity index (χ3v) is 5.74. The first kappa shape index (κ1) is 23.4. The lowest BCUT2D eigenvalue weighted by atomic mass is 10.1. The van der Waals surface area contributed by atoms with Crippen molar-refractivity contribution in [3.05, 3.63) is 52.3 Å². The lowest BCUT2D eigenvalue weighted by molar-refractivity contribution is -0.118. The van der Waals surface area contributed by atoms with Gasteiger partial charge in [0, 0.05) is 24.3 Å². The van der Waals surface area contributed by atoms with Gasteiger partial charge in [-0.05, 0) is 66.2 Å². The Morgan fingerprint density at radius 2 is 1.90 bits per heavy atom. The molecule has 1 fully saturated rings. The van der Waals surface area contributed by atoms with E-state index in [-0.39, 0.29) is 30.5 Å². The molecule has 1 heterocycles. The summed E-state index contributed by atoms with van der Waals surface area (Å²) in [6.07, 6.45) is 0.184. The number of nitrogens with one attached hydrogen (secondary N) is 1. The van der Waals surface area contributed by atoms with Gasteiger partial charge in [-0.3, -0.25) is 4.79 Å². The third-order valence-electron chi connectivity index (χ3n) is 4.66. The average molecular weight is 511 g/mol. The van der Waals surface area contributed by atoms with Crippen LogP contribution in [0.15, 0.2) is 40.9 Å². The van der Waals surface area contributed by atoms with Crippen molar-refractivity contribution < 1.29 is 23.4 Å². The van der Waals surface area contributed by atoms with Crippen molar-refractivity contribution in [1.82, 2.24) is 4.90 Å². The summed E-state index contributed by atoms with van der Waals surface area (Å²) in [5, 5.41) is 2.65. The fourth-order valence-corrected chi connectivity index (χ4v) is 4.20. The normalized spacial score (nSPS) is 18.4. The van der Waals surface area contributed by atoms with Crippen molar-refractivity contribution in [3.8, 4) is 11.5 Å². The second-order valence-corrected chi connectivity index (χ2v) is 8.54. The molecule has 2 atom stereocenters. The first-order valence-corrected chi connectivity index (χ1v) is 11.0. The lowest BCUT2D eigenvalue weighted by Gasteiger charge is -2.37. The second kappa shape index (κ2) is 10.4. The van der Waals surface area contributed by atoms with E-state index in [4.69, 9.17) is 26.4 Å². The van der Waals surface area contributed by atoms with Crippen molar-refractivity contribution in [2.24, 2.45) is 0 Å². The molecule has 3 rings (SSSR count). The molecule has 166 valence electrons. The van der Waals surface area contributed by atoms with Gasteiger partial charge in [-0.25, -0.2) is 4.39 Å². The van der Waals surface area contributed by atoms with Gasteiger partial charge in [0.1, 0.15) is 10.8 Å². The Labute approximate surface area is 194 Å². The van der Waals surface area contributed by atoms with Gasteiger partial charge in [0.2, 0.25) is 0 Å². The van der Waals surface area contributed by atoms with E-state index in [2.05, 4.69) is 26.1 Å². The van der Waals surface area contributed by atoms with Crippen LogP contribution in [-0.4, -0.2) is 54.8 Å². The smallest absolute Gasteiger partial charge is 0.262 e. The van der Waals surface area contributed by atoms with E-state index in [1.165, 1.54) is 31.4 Å². The Bertz CT molecular complexity index is 947. The predicted molar refractivity (Wildman–Crippen MR) is 125 cm³/mol. The van der Waals surface area contributed by atoms with Crippen molar-refractivity contribution in [2.45, 2.75) is 26.1 Å². The van der Waals surface area contributed by atoms with Gasteiger partial charge in [-0.15, -0.1) is 0 Å². The molecular formula is C22H24BrFN2O4S. The number of thiocarbonyl (C=S) groups is 1. The Hall–Kier alpha value is -2.23. The standard InChI is InChI=1S/C22H24BrFN2O4S/c1-13-10-26(11-14(2)30-13)22(31)15-8-18(23)21(19(9-15)28-3)29-12-20(27)25-17-6-4-16(24)5-7-17/h4-9,13-14H,10-12H2,1-3H3,(H,25,27)/t13-,14-/m1/s1. The van der Waals surface area contributed by atoms with Gasteiger partial charge in [0.15, 0.2) is 18.1 Å². The molecule has 1 N–H and O–H groups in total. The fraction of sp³-hybridized carbons (Fsp3) is 0.364. The van der Waals surface area contributed by atoms with Crippen LogP contribution in [-0.2, 0) is 9.53 Å². The first-order valence-electron chi connectivity index (χ1n) is 9.77. The minimum absolute atomic E-state index is 0.0919. The summed E-state index contributed by atoms with van der Waals surface area (Å²) in [6.45, 7) is 5.23. The average Bonchev–Trinajstić information content (AvgIpc) is 2.72. The number of ether oxygens (including phenoxy) is 3. The molecule has 1 aliphatic rings. The molecule has 0 unspecified atom stereocenters. The van der Waals surface area contributed by atoms with Crippen LogP contribution < -0.4 is 14.8 Å². The summed E-state index contributed by atoms with van der Waals surface area (Å²) in [5.74, 6) is 0.0982. The minimum Gasteiger partial charge on any atom is -0.493 e. The lowest BCUT2D eigenvalue weighted by Crippen LogP contribution is -2.47. The molecule has 0 aliphatic carbocycles. The summed E-state index contributed by atoms with van der Waals surface area (Å²) in [6, 6.07) is 9.15. The molecule has 1 saturated heterocycles. The van der Waals surface area contributed by atoms with Crippen molar-refractivity contribution >= 4 is 44.7 Å². The van der Waals surface area contributed by atoms with Crippen LogP contribution in [0.25, 0.3) is 0 Å². The number of carbonyl (C=O) groups is 1. The topological polar surface area (TPSA) is 60.0 Å². The van der Waals surface area contributed by atoms with Crippen molar-refractivity contribution in [3.63, 3.8) is 0 Å². The Balaban J connectivity index is 1.69. The van der Waals surface area contributed by atoms with Crippen LogP contribution >= 0.6 is 28.1 Å². The number of morpholine rings is 1. The molecule has 2 aromatic rings. The number of anilines is 1. The highest BCUT2D eigenvalue weighted by molar-refractivity contribution is 9.10. The number of hydrogen-bond acceptors (Lipinski definition) is 5. The molecule has 1 amide bonds. The molecular weight excluding hydrogens is 487 g/mol. The highest BCUT2D eigenvalue weighted by Crippen LogP contribution is 2.37. The zero-order valence-electron chi connectivity index (χ0n) is 17.5. The fourth-order valence-electron chi connectivity index (χ4n) is 3.38.